The molecule has 7 atom stereocenters. The van der Waals surface area contributed by atoms with Crippen LogP contribution < -0.4 is 4.74 Å². The number of unbranched alkanes of at least 4 members (excludes halogenated alkanes) is 10. The normalized spacial score (nSPS) is 25.9. The van der Waals surface area contributed by atoms with Crippen molar-refractivity contribution >= 4 is 11.6 Å². The van der Waals surface area contributed by atoms with Gasteiger partial charge in [-0.25, -0.2) is 4.39 Å². The fraction of sp³-hybridized carbons (Fsp3) is 0.647. The molecular weight excluding hydrogens is 788 g/mol. The van der Waals surface area contributed by atoms with Gasteiger partial charge < -0.3 is 39.3 Å². The van der Waals surface area contributed by atoms with Gasteiger partial charge in [0.25, 0.3) is 0 Å². The van der Waals surface area contributed by atoms with E-state index in [2.05, 4.69) is 19.6 Å². The van der Waals surface area contributed by atoms with Gasteiger partial charge in [-0.05, 0) is 98.2 Å². The van der Waals surface area contributed by atoms with Crippen LogP contribution in [-0.2, 0) is 25.7 Å². The molecule has 2 fully saturated rings. The average molecular weight is 861 g/mol. The first-order valence-corrected chi connectivity index (χ1v) is 23.9. The van der Waals surface area contributed by atoms with Crippen molar-refractivity contribution in [3.05, 3.63) is 83.7 Å². The Bertz CT molecular complexity index is 1760. The Kier molecular flexibility index (Phi) is 18.7. The molecule has 342 valence electrons. The Morgan fingerprint density at radius 1 is 0.952 bits per heavy atom. The van der Waals surface area contributed by atoms with Crippen molar-refractivity contribution in [3.8, 4) is 11.5 Å². The van der Waals surface area contributed by atoms with E-state index < -0.39 is 24.0 Å². The summed E-state index contributed by atoms with van der Waals surface area (Å²) < 4.78 is 34.8. The lowest BCUT2D eigenvalue weighted by molar-refractivity contribution is -0.258. The largest absolute Gasteiger partial charge is 0.508 e. The standard InChI is InChI=1S/C51H73FN2O8/c1-3-5-6-7-8-9-10-11-12-21-47(58)54(36-37-23-25-39(52)26-24-37)46-35-44(53-62-48-22-15-18-32-59-48)42-33-38(19-13-16-29-55)41(20-14-17-30-56)49-43-34-40(57)27-28-45(43)61-51(46,50(42)49)60-31-4-2/h4,23-28,33-34,38,41,46,48-50,55-57H,2-3,5-22,29-32,35-36H2,1H3. The van der Waals surface area contributed by atoms with E-state index in [4.69, 9.17) is 24.2 Å². The van der Waals surface area contributed by atoms with Gasteiger partial charge >= 0.3 is 0 Å². The number of ether oxygens (including phenoxy) is 3. The van der Waals surface area contributed by atoms with E-state index in [0.717, 1.165) is 87.3 Å². The smallest absolute Gasteiger partial charge is 0.239 e. The number of aliphatic hydroxyl groups is 2. The number of fused-ring (bicyclic) bond motifs is 2. The zero-order chi connectivity index (χ0) is 43.7. The second kappa shape index (κ2) is 24.3. The summed E-state index contributed by atoms with van der Waals surface area (Å²) in [6, 6.07) is 10.9. The number of carbonyl (C=O) groups is 1. The number of phenolic OH excluding ortho intramolecular Hbond substituents is 1. The number of nitrogens with zero attached hydrogens (tertiary/aromatic N) is 2. The molecule has 1 saturated heterocycles. The molecule has 2 aliphatic carbocycles. The highest BCUT2D eigenvalue weighted by atomic mass is 19.1. The number of hydrogen-bond acceptors (Lipinski definition) is 9. The second-order valence-electron chi connectivity index (χ2n) is 17.9. The fourth-order valence-corrected chi connectivity index (χ4v) is 10.5. The molecule has 2 heterocycles. The first-order chi connectivity index (χ1) is 30.3. The van der Waals surface area contributed by atoms with Crippen LogP contribution in [0.5, 0.6) is 11.5 Å². The highest BCUT2D eigenvalue weighted by Gasteiger charge is 2.65. The summed E-state index contributed by atoms with van der Waals surface area (Å²) in [5.74, 6) is -1.73. The molecule has 4 aliphatic rings. The van der Waals surface area contributed by atoms with Crippen LogP contribution in [0.1, 0.15) is 152 Å². The predicted octanol–water partition coefficient (Wildman–Crippen LogP) is 10.6. The number of hydrogen-bond donors (Lipinski definition) is 3. The van der Waals surface area contributed by atoms with Crippen LogP contribution in [0.25, 0.3) is 0 Å². The van der Waals surface area contributed by atoms with Crippen molar-refractivity contribution in [1.82, 2.24) is 4.90 Å². The van der Waals surface area contributed by atoms with E-state index >= 15 is 4.79 Å². The molecule has 3 N–H and O–H groups in total. The summed E-state index contributed by atoms with van der Waals surface area (Å²) in [5.41, 5.74) is 3.28. The molecule has 62 heavy (non-hydrogen) atoms. The Labute approximate surface area is 369 Å². The molecule has 0 bridgehead atoms. The number of halogens is 1. The zero-order valence-corrected chi connectivity index (χ0v) is 37.2. The monoisotopic (exact) mass is 861 g/mol. The molecule has 11 heteroatoms. The van der Waals surface area contributed by atoms with Crippen molar-refractivity contribution in [2.45, 2.75) is 166 Å². The first kappa shape index (κ1) is 47.7. The molecule has 6 rings (SSSR count). The van der Waals surface area contributed by atoms with Gasteiger partial charge in [-0.2, -0.15) is 0 Å². The summed E-state index contributed by atoms with van der Waals surface area (Å²) in [6.07, 6.45) is 21.5. The van der Waals surface area contributed by atoms with Crippen molar-refractivity contribution in [2.24, 2.45) is 22.9 Å². The summed E-state index contributed by atoms with van der Waals surface area (Å²) >= 11 is 0. The van der Waals surface area contributed by atoms with E-state index in [1.54, 1.807) is 24.3 Å². The number of aromatic hydroxyl groups is 1. The number of amides is 1. The Balaban J connectivity index is 1.47. The maximum absolute atomic E-state index is 15.0. The van der Waals surface area contributed by atoms with Gasteiger partial charge in [-0.3, -0.25) is 4.79 Å². The zero-order valence-electron chi connectivity index (χ0n) is 37.2. The van der Waals surface area contributed by atoms with Gasteiger partial charge in [-0.1, -0.05) is 101 Å². The molecule has 2 aliphatic heterocycles. The van der Waals surface area contributed by atoms with Crippen LogP contribution in [0.3, 0.4) is 0 Å². The summed E-state index contributed by atoms with van der Waals surface area (Å²) in [6.45, 7) is 7.41. The molecule has 0 aromatic heterocycles. The number of aliphatic hydroxyl groups excluding tert-OH is 2. The van der Waals surface area contributed by atoms with Crippen molar-refractivity contribution in [3.63, 3.8) is 0 Å². The van der Waals surface area contributed by atoms with Crippen molar-refractivity contribution in [2.75, 3.05) is 26.4 Å². The second-order valence-corrected chi connectivity index (χ2v) is 17.9. The summed E-state index contributed by atoms with van der Waals surface area (Å²) in [4.78, 5) is 23.2. The van der Waals surface area contributed by atoms with Gasteiger partial charge in [-0.15, -0.1) is 6.58 Å². The first-order valence-electron chi connectivity index (χ1n) is 23.9. The van der Waals surface area contributed by atoms with Crippen LogP contribution in [0, 0.1) is 23.6 Å². The summed E-state index contributed by atoms with van der Waals surface area (Å²) in [7, 11) is 0. The molecule has 0 spiro atoms. The third-order valence-electron chi connectivity index (χ3n) is 13.5. The lowest BCUT2D eigenvalue weighted by Gasteiger charge is -2.60. The third-order valence-corrected chi connectivity index (χ3v) is 13.5. The minimum Gasteiger partial charge on any atom is -0.508 e. The highest BCUT2D eigenvalue weighted by molar-refractivity contribution is 6.03. The molecule has 7 unspecified atom stereocenters. The fourth-order valence-electron chi connectivity index (χ4n) is 10.5. The number of phenols is 1. The van der Waals surface area contributed by atoms with Gasteiger partial charge in [0.1, 0.15) is 23.4 Å². The number of rotatable bonds is 26. The summed E-state index contributed by atoms with van der Waals surface area (Å²) in [5, 5.41) is 35.8. The van der Waals surface area contributed by atoms with Crippen LogP contribution in [-0.4, -0.2) is 76.4 Å². The quantitative estimate of drug-likeness (QED) is 0.0484. The predicted molar refractivity (Wildman–Crippen MR) is 240 cm³/mol. The lowest BCUT2D eigenvalue weighted by Crippen LogP contribution is -2.70. The third kappa shape index (κ3) is 12.1. The maximum Gasteiger partial charge on any atom is 0.239 e. The SMILES string of the molecule is C=CCOC12Oc3ccc(O)cc3C3C(CCCCO)C(CCCCO)C=C(C(=NOC4CCCCO4)CC1N(Cc1ccc(F)cc1)C(=O)CCCCCCCCCCC)C32. The van der Waals surface area contributed by atoms with Crippen LogP contribution in [0.15, 0.2) is 71.9 Å². The van der Waals surface area contributed by atoms with Crippen LogP contribution in [0.2, 0.25) is 0 Å². The van der Waals surface area contributed by atoms with Crippen molar-refractivity contribution in [1.29, 1.82) is 0 Å². The topological polar surface area (TPSA) is 130 Å². The van der Waals surface area contributed by atoms with Crippen LogP contribution in [0.4, 0.5) is 4.39 Å². The molecule has 2 aromatic carbocycles. The van der Waals surface area contributed by atoms with Gasteiger partial charge in [0.15, 0.2) is 0 Å². The van der Waals surface area contributed by atoms with Gasteiger partial charge in [0.2, 0.25) is 18.0 Å². The van der Waals surface area contributed by atoms with Crippen LogP contribution >= 0.6 is 0 Å². The van der Waals surface area contributed by atoms with E-state index in [1.165, 1.54) is 44.2 Å². The van der Waals surface area contributed by atoms with E-state index in [0.29, 0.717) is 37.3 Å². The Morgan fingerprint density at radius 3 is 2.37 bits per heavy atom. The number of carbonyl (C=O) groups excluding carboxylic acids is 1. The van der Waals surface area contributed by atoms with E-state index in [9.17, 15) is 19.7 Å². The molecule has 2 aromatic rings. The molecule has 10 nitrogen and oxygen atoms in total. The average Bonchev–Trinajstić information content (AvgIpc) is 3.28. The minimum atomic E-state index is -1.42. The van der Waals surface area contributed by atoms with Gasteiger partial charge in [0, 0.05) is 50.5 Å². The highest BCUT2D eigenvalue weighted by Crippen LogP contribution is 2.62. The Hall–Kier alpha value is -3.77. The van der Waals surface area contributed by atoms with Gasteiger partial charge in [0.05, 0.1) is 24.8 Å². The van der Waals surface area contributed by atoms with E-state index in [1.807, 2.05) is 17.0 Å². The molecule has 1 saturated carbocycles. The van der Waals surface area contributed by atoms with E-state index in [-0.39, 0.29) is 68.0 Å². The number of benzene rings is 2. The molecular formula is C51H73FN2O8. The molecule has 0 radical (unpaired) electrons. The minimum absolute atomic E-state index is 0.0379. The van der Waals surface area contributed by atoms with Crippen molar-refractivity contribution < 1.29 is 43.6 Å². The Morgan fingerprint density at radius 2 is 1.68 bits per heavy atom. The maximum atomic E-state index is 15.0. The lowest BCUT2D eigenvalue weighted by atomic mass is 9.55. The number of allylic oxidation sites excluding steroid dienone is 1. The number of oxime groups is 1. The molecule has 1 amide bonds.